The molecular weight excluding hydrogens is 262 g/mol. The minimum Gasteiger partial charge on any atom is -0.254 e. The number of aryl methyl sites for hydroxylation is 1. The van der Waals surface area contributed by atoms with Crippen LogP contribution >= 0.6 is 11.6 Å². The van der Waals surface area contributed by atoms with E-state index in [2.05, 4.69) is 20.3 Å². The molecule has 94 valence electrons. The highest BCUT2D eigenvalue weighted by molar-refractivity contribution is 6.29. The van der Waals surface area contributed by atoms with Crippen molar-refractivity contribution in [2.24, 2.45) is 0 Å². The standard InChI is InChI=1S/C13H10ClN5/c1-9-2-3-10(15-8-9)11-6-7-16-19(11)13-5-4-12(14)17-18-13/h2-8H,1H3. The maximum absolute atomic E-state index is 5.73. The van der Waals surface area contributed by atoms with Crippen LogP contribution in [0.3, 0.4) is 0 Å². The Bertz CT molecular complexity index is 628. The summed E-state index contributed by atoms with van der Waals surface area (Å²) in [7, 11) is 0. The van der Waals surface area contributed by atoms with E-state index in [1.165, 1.54) is 0 Å². The van der Waals surface area contributed by atoms with E-state index in [1.807, 2.05) is 31.3 Å². The Morgan fingerprint density at radius 1 is 1.05 bits per heavy atom. The van der Waals surface area contributed by atoms with Crippen LogP contribution in [0, 0.1) is 6.92 Å². The quantitative estimate of drug-likeness (QED) is 0.719. The van der Waals surface area contributed by atoms with Crippen LogP contribution in [0.2, 0.25) is 5.15 Å². The molecule has 3 aromatic rings. The van der Waals surface area contributed by atoms with Gasteiger partial charge in [-0.25, -0.2) is 4.68 Å². The van der Waals surface area contributed by atoms with Gasteiger partial charge in [-0.1, -0.05) is 17.7 Å². The molecule has 0 aromatic carbocycles. The van der Waals surface area contributed by atoms with Gasteiger partial charge in [-0.05, 0) is 36.8 Å². The molecule has 3 rings (SSSR count). The molecule has 0 radical (unpaired) electrons. The molecule has 0 atom stereocenters. The van der Waals surface area contributed by atoms with E-state index in [0.717, 1.165) is 17.0 Å². The van der Waals surface area contributed by atoms with Gasteiger partial charge in [-0.3, -0.25) is 4.98 Å². The van der Waals surface area contributed by atoms with Gasteiger partial charge in [-0.2, -0.15) is 5.10 Å². The zero-order valence-corrected chi connectivity index (χ0v) is 10.9. The Morgan fingerprint density at radius 3 is 2.63 bits per heavy atom. The van der Waals surface area contributed by atoms with Gasteiger partial charge < -0.3 is 0 Å². The molecule has 0 aliphatic carbocycles. The number of rotatable bonds is 2. The number of hydrogen-bond acceptors (Lipinski definition) is 4. The topological polar surface area (TPSA) is 56.5 Å². The first-order valence-electron chi connectivity index (χ1n) is 5.71. The predicted octanol–water partition coefficient (Wildman–Crippen LogP) is 2.69. The summed E-state index contributed by atoms with van der Waals surface area (Å²) in [5, 5.41) is 12.4. The zero-order chi connectivity index (χ0) is 13.2. The van der Waals surface area contributed by atoms with E-state index in [4.69, 9.17) is 11.6 Å². The zero-order valence-electron chi connectivity index (χ0n) is 10.2. The summed E-state index contributed by atoms with van der Waals surface area (Å²) in [6.45, 7) is 2.00. The Morgan fingerprint density at radius 2 is 1.95 bits per heavy atom. The van der Waals surface area contributed by atoms with Crippen LogP contribution in [0.15, 0.2) is 42.7 Å². The smallest absolute Gasteiger partial charge is 0.176 e. The van der Waals surface area contributed by atoms with Gasteiger partial charge in [0.15, 0.2) is 11.0 Å². The summed E-state index contributed by atoms with van der Waals surface area (Å²) in [5.41, 5.74) is 2.80. The molecule has 0 spiro atoms. The van der Waals surface area contributed by atoms with Gasteiger partial charge in [0.1, 0.15) is 0 Å². The Kier molecular flexibility index (Phi) is 2.97. The molecule has 0 amide bonds. The average Bonchev–Trinajstić information content (AvgIpc) is 2.90. The molecule has 0 N–H and O–H groups in total. The fourth-order valence-electron chi connectivity index (χ4n) is 1.72. The lowest BCUT2D eigenvalue weighted by atomic mass is 10.2. The summed E-state index contributed by atoms with van der Waals surface area (Å²) in [6.07, 6.45) is 3.52. The van der Waals surface area contributed by atoms with E-state index >= 15 is 0 Å². The minimum absolute atomic E-state index is 0.353. The van der Waals surface area contributed by atoms with Crippen molar-refractivity contribution >= 4 is 11.6 Å². The summed E-state index contributed by atoms with van der Waals surface area (Å²) < 4.78 is 1.68. The van der Waals surface area contributed by atoms with Gasteiger partial charge in [-0.15, -0.1) is 10.2 Å². The minimum atomic E-state index is 0.353. The first-order chi connectivity index (χ1) is 9.24. The highest BCUT2D eigenvalue weighted by Gasteiger charge is 2.09. The molecule has 0 fully saturated rings. The second kappa shape index (κ2) is 4.78. The van der Waals surface area contributed by atoms with Crippen molar-refractivity contribution in [1.82, 2.24) is 25.0 Å². The molecular formula is C13H10ClN5. The molecule has 3 aromatic heterocycles. The van der Waals surface area contributed by atoms with Crippen LogP contribution in [0.1, 0.15) is 5.56 Å². The van der Waals surface area contributed by atoms with Crippen LogP contribution in [-0.4, -0.2) is 25.0 Å². The second-order valence-electron chi connectivity index (χ2n) is 4.06. The van der Waals surface area contributed by atoms with Crippen LogP contribution in [0.4, 0.5) is 0 Å². The largest absolute Gasteiger partial charge is 0.254 e. The van der Waals surface area contributed by atoms with E-state index in [1.54, 1.807) is 23.0 Å². The van der Waals surface area contributed by atoms with Crippen molar-refractivity contribution < 1.29 is 0 Å². The molecule has 0 aliphatic rings. The maximum Gasteiger partial charge on any atom is 0.176 e. The van der Waals surface area contributed by atoms with Crippen molar-refractivity contribution in [3.8, 4) is 17.2 Å². The van der Waals surface area contributed by atoms with E-state index < -0.39 is 0 Å². The van der Waals surface area contributed by atoms with Crippen molar-refractivity contribution in [3.63, 3.8) is 0 Å². The van der Waals surface area contributed by atoms with Gasteiger partial charge in [0.2, 0.25) is 0 Å². The highest BCUT2D eigenvalue weighted by Crippen LogP contribution is 2.19. The van der Waals surface area contributed by atoms with Gasteiger partial charge in [0.25, 0.3) is 0 Å². The van der Waals surface area contributed by atoms with E-state index in [0.29, 0.717) is 11.0 Å². The third-order valence-corrected chi connectivity index (χ3v) is 2.85. The van der Waals surface area contributed by atoms with Crippen LogP contribution in [-0.2, 0) is 0 Å². The molecule has 19 heavy (non-hydrogen) atoms. The Labute approximate surface area is 114 Å². The molecule has 0 saturated heterocycles. The van der Waals surface area contributed by atoms with Crippen molar-refractivity contribution in [2.45, 2.75) is 6.92 Å². The molecule has 5 nitrogen and oxygen atoms in total. The van der Waals surface area contributed by atoms with Crippen LogP contribution in [0.5, 0.6) is 0 Å². The average molecular weight is 272 g/mol. The lowest BCUT2D eigenvalue weighted by Crippen LogP contribution is -2.03. The molecule has 0 aliphatic heterocycles. The molecule has 0 bridgehead atoms. The van der Waals surface area contributed by atoms with Gasteiger partial charge in [0, 0.05) is 6.20 Å². The first kappa shape index (κ1) is 11.8. The second-order valence-corrected chi connectivity index (χ2v) is 4.45. The van der Waals surface area contributed by atoms with E-state index in [9.17, 15) is 0 Å². The van der Waals surface area contributed by atoms with E-state index in [-0.39, 0.29) is 0 Å². The van der Waals surface area contributed by atoms with Crippen molar-refractivity contribution in [3.05, 3.63) is 53.4 Å². The number of nitrogens with zero attached hydrogens (tertiary/aromatic N) is 5. The highest BCUT2D eigenvalue weighted by atomic mass is 35.5. The number of pyridine rings is 1. The Balaban J connectivity index is 2.07. The summed E-state index contributed by atoms with van der Waals surface area (Å²) in [5.74, 6) is 0.603. The molecule has 0 saturated carbocycles. The number of aromatic nitrogens is 5. The summed E-state index contributed by atoms with van der Waals surface area (Å²) in [6, 6.07) is 9.28. The number of hydrogen-bond donors (Lipinski definition) is 0. The SMILES string of the molecule is Cc1ccc(-c2ccnn2-c2ccc(Cl)nn2)nc1. The van der Waals surface area contributed by atoms with Crippen LogP contribution < -0.4 is 0 Å². The lowest BCUT2D eigenvalue weighted by Gasteiger charge is -2.05. The van der Waals surface area contributed by atoms with Crippen molar-refractivity contribution in [2.75, 3.05) is 0 Å². The lowest BCUT2D eigenvalue weighted by molar-refractivity contribution is 0.818. The van der Waals surface area contributed by atoms with Crippen molar-refractivity contribution in [1.29, 1.82) is 0 Å². The third kappa shape index (κ3) is 2.32. The van der Waals surface area contributed by atoms with Gasteiger partial charge in [0.05, 0.1) is 17.6 Å². The molecule has 6 heteroatoms. The number of halogens is 1. The predicted molar refractivity (Wildman–Crippen MR) is 72.1 cm³/mol. The molecule has 3 heterocycles. The van der Waals surface area contributed by atoms with Crippen LogP contribution in [0.25, 0.3) is 17.2 Å². The maximum atomic E-state index is 5.73. The monoisotopic (exact) mass is 271 g/mol. The fourth-order valence-corrected chi connectivity index (χ4v) is 1.82. The Hall–Kier alpha value is -2.27. The van der Waals surface area contributed by atoms with Gasteiger partial charge >= 0.3 is 0 Å². The third-order valence-electron chi connectivity index (χ3n) is 2.65. The summed E-state index contributed by atoms with van der Waals surface area (Å²) >= 11 is 5.73. The first-order valence-corrected chi connectivity index (χ1v) is 6.08. The normalized spacial score (nSPS) is 10.6. The fraction of sp³-hybridized carbons (Fsp3) is 0.0769. The summed E-state index contributed by atoms with van der Waals surface area (Å²) in [4.78, 5) is 4.39. The molecule has 0 unspecified atom stereocenters.